The highest BCUT2D eigenvalue weighted by Gasteiger charge is 2.23. The van der Waals surface area contributed by atoms with Crippen LogP contribution in [0.1, 0.15) is 24.3 Å². The molecule has 0 bridgehead atoms. The van der Waals surface area contributed by atoms with Crippen LogP contribution in [0.15, 0.2) is 38.8 Å². The highest BCUT2D eigenvalue weighted by atomic mass is 32.2. The van der Waals surface area contributed by atoms with Crippen molar-refractivity contribution in [1.82, 2.24) is 15.1 Å². The average Bonchev–Trinajstić information content (AvgIpc) is 3.01. The lowest BCUT2D eigenvalue weighted by Crippen LogP contribution is -2.40. The molecule has 0 N–H and O–H groups in total. The van der Waals surface area contributed by atoms with Crippen molar-refractivity contribution in [2.45, 2.75) is 42.1 Å². The van der Waals surface area contributed by atoms with Gasteiger partial charge in [-0.25, -0.2) is 0 Å². The monoisotopic (exact) mass is 363 g/mol. The van der Waals surface area contributed by atoms with E-state index in [-0.39, 0.29) is 5.91 Å². The number of aryl methyl sites for hydroxylation is 2. The standard InChI is InChI=1S/C17H21N3O2S2/c1-12-3-5-14(6-4-12)24-15-7-9-20(10-8-15)16(21)11-23-17-19-18-13(2)22-17/h3-6,15H,7-11H2,1-2H3. The molecule has 2 aromatic rings. The third-order valence-electron chi connectivity index (χ3n) is 3.95. The van der Waals surface area contributed by atoms with Crippen LogP contribution in [0.3, 0.4) is 0 Å². The number of rotatable bonds is 5. The minimum absolute atomic E-state index is 0.148. The van der Waals surface area contributed by atoms with Crippen LogP contribution < -0.4 is 0 Å². The number of piperidine rings is 1. The number of likely N-dealkylation sites (tertiary alicyclic amines) is 1. The largest absolute Gasteiger partial charge is 0.416 e. The Balaban J connectivity index is 1.42. The molecular formula is C17H21N3O2S2. The van der Waals surface area contributed by atoms with E-state index in [1.807, 2.05) is 16.7 Å². The third kappa shape index (κ3) is 4.77. The van der Waals surface area contributed by atoms with E-state index in [1.54, 1.807) is 6.92 Å². The van der Waals surface area contributed by atoms with E-state index in [0.717, 1.165) is 25.9 Å². The van der Waals surface area contributed by atoms with Crippen LogP contribution in [0.4, 0.5) is 0 Å². The van der Waals surface area contributed by atoms with Crippen LogP contribution in [-0.2, 0) is 4.79 Å². The second-order valence-corrected chi connectivity index (χ2v) is 8.19. The molecule has 0 atom stereocenters. The second-order valence-electron chi connectivity index (χ2n) is 5.89. The van der Waals surface area contributed by atoms with E-state index in [0.29, 0.717) is 22.1 Å². The van der Waals surface area contributed by atoms with Crippen molar-refractivity contribution in [2.24, 2.45) is 0 Å². The lowest BCUT2D eigenvalue weighted by Gasteiger charge is -2.31. The van der Waals surface area contributed by atoms with Gasteiger partial charge in [-0.05, 0) is 31.9 Å². The molecule has 1 amide bonds. The molecule has 0 radical (unpaired) electrons. The van der Waals surface area contributed by atoms with E-state index in [4.69, 9.17) is 4.42 Å². The summed E-state index contributed by atoms with van der Waals surface area (Å²) in [4.78, 5) is 15.5. The minimum Gasteiger partial charge on any atom is -0.416 e. The van der Waals surface area contributed by atoms with Crippen molar-refractivity contribution in [3.8, 4) is 0 Å². The van der Waals surface area contributed by atoms with E-state index >= 15 is 0 Å². The van der Waals surface area contributed by atoms with Crippen LogP contribution in [0.25, 0.3) is 0 Å². The summed E-state index contributed by atoms with van der Waals surface area (Å²) < 4.78 is 5.28. The number of nitrogens with zero attached hydrogens (tertiary/aromatic N) is 3. The molecule has 3 rings (SSSR count). The predicted octanol–water partition coefficient (Wildman–Crippen LogP) is 3.56. The molecule has 24 heavy (non-hydrogen) atoms. The van der Waals surface area contributed by atoms with Crippen LogP contribution in [0, 0.1) is 13.8 Å². The number of aromatic nitrogens is 2. The highest BCUT2D eigenvalue weighted by molar-refractivity contribution is 8.00. The molecule has 0 saturated carbocycles. The van der Waals surface area contributed by atoms with E-state index in [1.165, 1.54) is 22.2 Å². The van der Waals surface area contributed by atoms with Gasteiger partial charge >= 0.3 is 0 Å². The zero-order chi connectivity index (χ0) is 16.9. The highest BCUT2D eigenvalue weighted by Crippen LogP contribution is 2.30. The zero-order valence-corrected chi connectivity index (χ0v) is 15.5. The van der Waals surface area contributed by atoms with E-state index < -0.39 is 0 Å². The first kappa shape index (κ1) is 17.4. The molecule has 0 aliphatic carbocycles. The number of carbonyl (C=O) groups is 1. The number of thioether (sulfide) groups is 2. The summed E-state index contributed by atoms with van der Waals surface area (Å²) >= 11 is 3.23. The summed E-state index contributed by atoms with van der Waals surface area (Å²) in [5, 5.41) is 8.72. The van der Waals surface area contributed by atoms with Gasteiger partial charge in [0.2, 0.25) is 11.8 Å². The number of hydrogen-bond acceptors (Lipinski definition) is 6. The number of benzene rings is 1. The molecule has 0 unspecified atom stereocenters. The second kappa shape index (κ2) is 8.07. The Hall–Kier alpha value is -1.47. The van der Waals surface area contributed by atoms with Crippen LogP contribution in [0.5, 0.6) is 0 Å². The Morgan fingerprint density at radius 1 is 1.21 bits per heavy atom. The summed E-state index contributed by atoms with van der Waals surface area (Å²) in [6, 6.07) is 8.66. The lowest BCUT2D eigenvalue weighted by atomic mass is 10.1. The van der Waals surface area contributed by atoms with Crippen molar-refractivity contribution in [3.05, 3.63) is 35.7 Å². The van der Waals surface area contributed by atoms with Gasteiger partial charge in [-0.1, -0.05) is 29.5 Å². The van der Waals surface area contributed by atoms with Crippen LogP contribution >= 0.6 is 23.5 Å². The van der Waals surface area contributed by atoms with Crippen LogP contribution in [0.2, 0.25) is 0 Å². The maximum Gasteiger partial charge on any atom is 0.277 e. The Morgan fingerprint density at radius 3 is 2.54 bits per heavy atom. The summed E-state index contributed by atoms with van der Waals surface area (Å²) in [6.07, 6.45) is 2.07. The lowest BCUT2D eigenvalue weighted by molar-refractivity contribution is -0.129. The zero-order valence-electron chi connectivity index (χ0n) is 13.9. The molecule has 0 spiro atoms. The molecule has 2 heterocycles. The number of amides is 1. The van der Waals surface area contributed by atoms with Gasteiger partial charge in [0.25, 0.3) is 5.22 Å². The maximum atomic E-state index is 12.3. The summed E-state index contributed by atoms with van der Waals surface area (Å²) in [7, 11) is 0. The fraction of sp³-hybridized carbons (Fsp3) is 0.471. The Kier molecular flexibility index (Phi) is 5.84. The third-order valence-corrected chi connectivity index (χ3v) is 6.10. The SMILES string of the molecule is Cc1ccc(SC2CCN(C(=O)CSc3nnc(C)o3)CC2)cc1. The first-order valence-corrected chi connectivity index (χ1v) is 9.90. The van der Waals surface area contributed by atoms with Gasteiger partial charge in [0.15, 0.2) is 0 Å². The van der Waals surface area contributed by atoms with Gasteiger partial charge in [-0.15, -0.1) is 22.0 Å². The molecule has 128 valence electrons. The van der Waals surface area contributed by atoms with Gasteiger partial charge < -0.3 is 9.32 Å². The van der Waals surface area contributed by atoms with E-state index in [9.17, 15) is 4.79 Å². The smallest absolute Gasteiger partial charge is 0.277 e. The van der Waals surface area contributed by atoms with Gasteiger partial charge in [-0.3, -0.25) is 4.79 Å². The molecule has 1 aliphatic rings. The molecule has 1 aromatic heterocycles. The molecule has 1 aliphatic heterocycles. The topological polar surface area (TPSA) is 59.2 Å². The van der Waals surface area contributed by atoms with Gasteiger partial charge in [0.05, 0.1) is 5.75 Å². The molecule has 7 heteroatoms. The van der Waals surface area contributed by atoms with Gasteiger partial charge in [-0.2, -0.15) is 0 Å². The number of carbonyl (C=O) groups excluding carboxylic acids is 1. The fourth-order valence-electron chi connectivity index (χ4n) is 2.58. The average molecular weight is 364 g/mol. The van der Waals surface area contributed by atoms with Crippen molar-refractivity contribution < 1.29 is 9.21 Å². The normalized spacial score (nSPS) is 15.7. The Morgan fingerprint density at radius 2 is 1.92 bits per heavy atom. The van der Waals surface area contributed by atoms with Crippen LogP contribution in [-0.4, -0.2) is 45.1 Å². The van der Waals surface area contributed by atoms with Crippen molar-refractivity contribution in [1.29, 1.82) is 0 Å². The first-order valence-electron chi connectivity index (χ1n) is 8.04. The Labute approximate surface area is 150 Å². The summed E-state index contributed by atoms with van der Waals surface area (Å²) in [5.41, 5.74) is 1.29. The molecule has 1 aromatic carbocycles. The quantitative estimate of drug-likeness (QED) is 0.757. The molecule has 5 nitrogen and oxygen atoms in total. The van der Waals surface area contributed by atoms with Gasteiger partial charge in [0.1, 0.15) is 0 Å². The fourth-order valence-corrected chi connectivity index (χ4v) is 4.42. The predicted molar refractivity (Wildman–Crippen MR) is 96.4 cm³/mol. The Bertz CT molecular complexity index is 679. The molecule has 1 fully saturated rings. The summed E-state index contributed by atoms with van der Waals surface area (Å²) in [5.74, 6) is 1.03. The molecule has 1 saturated heterocycles. The number of hydrogen-bond donors (Lipinski definition) is 0. The van der Waals surface area contributed by atoms with Gasteiger partial charge in [0, 0.05) is 30.2 Å². The van der Waals surface area contributed by atoms with E-state index in [2.05, 4.69) is 41.4 Å². The summed E-state index contributed by atoms with van der Waals surface area (Å²) in [6.45, 7) is 5.50. The first-order chi connectivity index (χ1) is 11.6. The van der Waals surface area contributed by atoms with Crippen molar-refractivity contribution in [2.75, 3.05) is 18.8 Å². The minimum atomic E-state index is 0.148. The van der Waals surface area contributed by atoms with Crippen molar-refractivity contribution in [3.63, 3.8) is 0 Å². The van der Waals surface area contributed by atoms with Crippen molar-refractivity contribution >= 4 is 29.4 Å². The molecular weight excluding hydrogens is 342 g/mol. The maximum absolute atomic E-state index is 12.3.